The normalized spacial score (nSPS) is 37.1. The third kappa shape index (κ3) is 2.09. The molecule has 2 bridgehead atoms. The summed E-state index contributed by atoms with van der Waals surface area (Å²) in [4.78, 5) is 0. The fourth-order valence-electron chi connectivity index (χ4n) is 3.19. The zero-order valence-corrected chi connectivity index (χ0v) is 9.32. The van der Waals surface area contributed by atoms with Crippen molar-refractivity contribution in [3.8, 4) is 0 Å². The second-order valence-corrected chi connectivity index (χ2v) is 4.93. The topological polar surface area (TPSA) is 70.6 Å². The molecular weight excluding hydrogens is 190 g/mol. The number of oxime groups is 1. The van der Waals surface area contributed by atoms with E-state index in [2.05, 4.69) is 17.4 Å². The summed E-state index contributed by atoms with van der Waals surface area (Å²) in [6.45, 7) is 2.06. The standard InChI is InChI=1S/C11H21N3O/c1-2-9(11(12)14-15)13-10-6-7-3-4-8(10)5-7/h7-10,13,15H,2-6H2,1H3,(H2,12,14). The molecule has 0 spiro atoms. The number of hydrogen-bond donors (Lipinski definition) is 3. The fourth-order valence-corrected chi connectivity index (χ4v) is 3.19. The maximum atomic E-state index is 8.67. The lowest BCUT2D eigenvalue weighted by molar-refractivity contribution is 0.305. The van der Waals surface area contributed by atoms with Crippen LogP contribution in [0.5, 0.6) is 0 Å². The number of amidine groups is 1. The van der Waals surface area contributed by atoms with E-state index in [9.17, 15) is 0 Å². The zero-order chi connectivity index (χ0) is 10.8. The van der Waals surface area contributed by atoms with E-state index in [4.69, 9.17) is 10.9 Å². The average molecular weight is 211 g/mol. The first-order valence-electron chi connectivity index (χ1n) is 5.98. The molecule has 0 saturated heterocycles. The quantitative estimate of drug-likeness (QED) is 0.284. The van der Waals surface area contributed by atoms with Crippen LogP contribution < -0.4 is 11.1 Å². The van der Waals surface area contributed by atoms with Gasteiger partial charge in [-0.25, -0.2) is 0 Å². The Morgan fingerprint density at radius 2 is 2.33 bits per heavy atom. The number of rotatable bonds is 4. The Kier molecular flexibility index (Phi) is 3.14. The van der Waals surface area contributed by atoms with Crippen molar-refractivity contribution in [3.05, 3.63) is 0 Å². The van der Waals surface area contributed by atoms with E-state index >= 15 is 0 Å². The van der Waals surface area contributed by atoms with Crippen LogP contribution >= 0.6 is 0 Å². The Morgan fingerprint density at radius 1 is 1.53 bits per heavy atom. The van der Waals surface area contributed by atoms with E-state index in [-0.39, 0.29) is 6.04 Å². The van der Waals surface area contributed by atoms with E-state index in [0.717, 1.165) is 18.3 Å². The summed E-state index contributed by atoms with van der Waals surface area (Å²) in [6.07, 6.45) is 6.30. The molecule has 0 aromatic rings. The molecule has 2 rings (SSSR count). The summed E-state index contributed by atoms with van der Waals surface area (Å²) in [5, 5.41) is 15.3. The van der Waals surface area contributed by atoms with Crippen LogP contribution in [-0.2, 0) is 0 Å². The van der Waals surface area contributed by atoms with Gasteiger partial charge in [-0.3, -0.25) is 0 Å². The zero-order valence-electron chi connectivity index (χ0n) is 9.32. The molecule has 2 aliphatic carbocycles. The highest BCUT2D eigenvalue weighted by atomic mass is 16.4. The average Bonchev–Trinajstić information content (AvgIpc) is 2.86. The summed E-state index contributed by atoms with van der Waals surface area (Å²) < 4.78 is 0. The third-order valence-corrected chi connectivity index (χ3v) is 4.03. The monoisotopic (exact) mass is 211 g/mol. The van der Waals surface area contributed by atoms with E-state index < -0.39 is 0 Å². The highest BCUT2D eigenvalue weighted by Gasteiger charge is 2.40. The lowest BCUT2D eigenvalue weighted by atomic mass is 9.94. The molecule has 2 aliphatic rings. The van der Waals surface area contributed by atoms with E-state index in [0.29, 0.717) is 11.9 Å². The van der Waals surface area contributed by atoms with Crippen molar-refractivity contribution in [1.29, 1.82) is 0 Å². The largest absolute Gasteiger partial charge is 0.409 e. The molecular formula is C11H21N3O. The van der Waals surface area contributed by atoms with Gasteiger partial charge in [0.05, 0.1) is 6.04 Å². The predicted molar refractivity (Wildman–Crippen MR) is 59.9 cm³/mol. The smallest absolute Gasteiger partial charge is 0.156 e. The number of nitrogens with one attached hydrogen (secondary N) is 1. The molecule has 0 amide bonds. The van der Waals surface area contributed by atoms with E-state index in [1.165, 1.54) is 25.7 Å². The van der Waals surface area contributed by atoms with Gasteiger partial charge in [0.15, 0.2) is 5.84 Å². The Bertz CT molecular complexity index is 254. The van der Waals surface area contributed by atoms with Crippen LogP contribution in [0.4, 0.5) is 0 Å². The molecule has 15 heavy (non-hydrogen) atoms. The molecule has 0 aromatic carbocycles. The maximum Gasteiger partial charge on any atom is 0.156 e. The Labute approximate surface area is 90.9 Å². The van der Waals surface area contributed by atoms with Gasteiger partial charge < -0.3 is 16.3 Å². The van der Waals surface area contributed by atoms with Crippen molar-refractivity contribution < 1.29 is 5.21 Å². The Hall–Kier alpha value is -0.770. The van der Waals surface area contributed by atoms with Crippen LogP contribution in [0.2, 0.25) is 0 Å². The second-order valence-electron chi connectivity index (χ2n) is 4.93. The summed E-state index contributed by atoms with van der Waals surface area (Å²) >= 11 is 0. The molecule has 86 valence electrons. The number of nitrogens with zero attached hydrogens (tertiary/aromatic N) is 1. The third-order valence-electron chi connectivity index (χ3n) is 4.03. The molecule has 4 heteroatoms. The molecule has 2 fully saturated rings. The van der Waals surface area contributed by atoms with Crippen LogP contribution in [-0.4, -0.2) is 23.1 Å². The number of hydrogen-bond acceptors (Lipinski definition) is 3. The summed E-state index contributed by atoms with van der Waals surface area (Å²) in [5.74, 6) is 2.08. The first kappa shape index (κ1) is 10.7. The molecule has 0 heterocycles. The van der Waals surface area contributed by atoms with Crippen LogP contribution in [0.15, 0.2) is 5.16 Å². The molecule has 0 aromatic heterocycles. The summed E-state index contributed by atoms with van der Waals surface area (Å²) in [5.41, 5.74) is 5.64. The molecule has 4 atom stereocenters. The van der Waals surface area contributed by atoms with Gasteiger partial charge in [0.25, 0.3) is 0 Å². The molecule has 0 aliphatic heterocycles. The van der Waals surface area contributed by atoms with Crippen LogP contribution in [0.1, 0.15) is 39.0 Å². The van der Waals surface area contributed by atoms with Crippen molar-refractivity contribution in [3.63, 3.8) is 0 Å². The van der Waals surface area contributed by atoms with Crippen molar-refractivity contribution in [2.24, 2.45) is 22.7 Å². The SMILES string of the molecule is CCC(NC1CC2CCC1C2)C(N)=NO. The lowest BCUT2D eigenvalue weighted by Gasteiger charge is -2.27. The summed E-state index contributed by atoms with van der Waals surface area (Å²) in [7, 11) is 0. The predicted octanol–water partition coefficient (Wildman–Crippen LogP) is 1.29. The van der Waals surface area contributed by atoms with E-state index in [1.807, 2.05) is 0 Å². The number of fused-ring (bicyclic) bond motifs is 2. The lowest BCUT2D eigenvalue weighted by Crippen LogP contribution is -2.48. The van der Waals surface area contributed by atoms with Crippen LogP contribution in [0.3, 0.4) is 0 Å². The Morgan fingerprint density at radius 3 is 2.80 bits per heavy atom. The van der Waals surface area contributed by atoms with Gasteiger partial charge in [-0.15, -0.1) is 0 Å². The summed E-state index contributed by atoms with van der Waals surface area (Å²) in [6, 6.07) is 0.633. The number of nitrogens with two attached hydrogens (primary N) is 1. The van der Waals surface area contributed by atoms with Gasteiger partial charge in [-0.2, -0.15) is 0 Å². The van der Waals surface area contributed by atoms with Crippen LogP contribution in [0, 0.1) is 11.8 Å². The van der Waals surface area contributed by atoms with Crippen molar-refractivity contribution in [2.75, 3.05) is 0 Å². The Balaban J connectivity index is 1.90. The molecule has 4 unspecified atom stereocenters. The molecule has 4 nitrogen and oxygen atoms in total. The van der Waals surface area contributed by atoms with Gasteiger partial charge >= 0.3 is 0 Å². The van der Waals surface area contributed by atoms with Gasteiger partial charge in [-0.05, 0) is 37.5 Å². The second kappa shape index (κ2) is 4.39. The highest BCUT2D eigenvalue weighted by Crippen LogP contribution is 2.44. The van der Waals surface area contributed by atoms with Crippen molar-refractivity contribution >= 4 is 5.84 Å². The highest BCUT2D eigenvalue weighted by molar-refractivity contribution is 5.85. The van der Waals surface area contributed by atoms with Gasteiger partial charge in [-0.1, -0.05) is 18.5 Å². The minimum absolute atomic E-state index is 0.0411. The molecule has 0 radical (unpaired) electrons. The van der Waals surface area contributed by atoms with Gasteiger partial charge in [0, 0.05) is 6.04 Å². The van der Waals surface area contributed by atoms with E-state index in [1.54, 1.807) is 0 Å². The minimum Gasteiger partial charge on any atom is -0.409 e. The van der Waals surface area contributed by atoms with Gasteiger partial charge in [0.1, 0.15) is 0 Å². The molecule has 2 saturated carbocycles. The van der Waals surface area contributed by atoms with Crippen molar-refractivity contribution in [1.82, 2.24) is 5.32 Å². The van der Waals surface area contributed by atoms with Crippen LogP contribution in [0.25, 0.3) is 0 Å². The van der Waals surface area contributed by atoms with Gasteiger partial charge in [0.2, 0.25) is 0 Å². The fraction of sp³-hybridized carbons (Fsp3) is 0.909. The maximum absolute atomic E-state index is 8.67. The van der Waals surface area contributed by atoms with Crippen molar-refractivity contribution in [2.45, 2.75) is 51.1 Å². The first-order chi connectivity index (χ1) is 7.24. The molecule has 4 N–H and O–H groups in total. The first-order valence-corrected chi connectivity index (χ1v) is 5.98. The minimum atomic E-state index is 0.0411.